The van der Waals surface area contributed by atoms with Crippen LogP contribution in [0.4, 0.5) is 5.69 Å². The molecule has 0 unspecified atom stereocenters. The molecule has 120 valence electrons. The topological polar surface area (TPSA) is 70.7 Å². The number of nitrogens with zero attached hydrogens (tertiary/aromatic N) is 1. The number of sulfonamides is 1. The molecule has 1 fully saturated rings. The van der Waals surface area contributed by atoms with E-state index in [1.54, 1.807) is 30.3 Å². The van der Waals surface area contributed by atoms with Crippen LogP contribution in [0.1, 0.15) is 0 Å². The molecule has 1 heterocycles. The minimum absolute atomic E-state index is 0.242. The molecule has 0 amide bonds. The predicted molar refractivity (Wildman–Crippen MR) is 90.4 cm³/mol. The highest BCUT2D eigenvalue weighted by molar-refractivity contribution is 7.89. The van der Waals surface area contributed by atoms with E-state index in [4.69, 9.17) is 17.0 Å². The van der Waals surface area contributed by atoms with Crippen LogP contribution in [-0.4, -0.2) is 50.7 Å². The van der Waals surface area contributed by atoms with Crippen LogP contribution in [0.15, 0.2) is 41.8 Å². The van der Waals surface area contributed by atoms with Gasteiger partial charge in [-0.05, 0) is 30.4 Å². The zero-order chi connectivity index (χ0) is 16.0. The van der Waals surface area contributed by atoms with Crippen LogP contribution in [0.3, 0.4) is 0 Å². The largest absolute Gasteiger partial charge is 0.379 e. The Morgan fingerprint density at radius 1 is 1.41 bits per heavy atom. The zero-order valence-corrected chi connectivity index (χ0v) is 13.8. The fourth-order valence-corrected chi connectivity index (χ4v) is 3.67. The lowest BCUT2D eigenvalue weighted by Crippen LogP contribution is -2.40. The molecule has 1 aliphatic heterocycles. The number of rotatable bonds is 5. The Bertz CT molecular complexity index is 640. The highest BCUT2D eigenvalue weighted by Gasteiger charge is 2.26. The summed E-state index contributed by atoms with van der Waals surface area (Å²) in [4.78, 5) is 0.242. The van der Waals surface area contributed by atoms with E-state index in [0.29, 0.717) is 43.6 Å². The summed E-state index contributed by atoms with van der Waals surface area (Å²) < 4.78 is 31.8. The van der Waals surface area contributed by atoms with Crippen LogP contribution in [0.2, 0.25) is 0 Å². The molecule has 0 spiro atoms. The van der Waals surface area contributed by atoms with Crippen molar-refractivity contribution < 1.29 is 13.2 Å². The van der Waals surface area contributed by atoms with Crippen LogP contribution < -0.4 is 10.6 Å². The molecular formula is C14H19N3O3S2. The smallest absolute Gasteiger partial charge is 0.243 e. The Morgan fingerprint density at radius 3 is 2.82 bits per heavy atom. The number of hydrogen-bond acceptors (Lipinski definition) is 4. The summed E-state index contributed by atoms with van der Waals surface area (Å²) >= 11 is 5.12. The highest BCUT2D eigenvalue weighted by atomic mass is 32.2. The summed E-state index contributed by atoms with van der Waals surface area (Å²) in [6, 6.07) is 6.61. The van der Waals surface area contributed by atoms with Gasteiger partial charge in [-0.25, -0.2) is 8.42 Å². The molecule has 22 heavy (non-hydrogen) atoms. The molecule has 0 bridgehead atoms. The lowest BCUT2D eigenvalue weighted by Gasteiger charge is -2.26. The predicted octanol–water partition coefficient (Wildman–Crippen LogP) is 1.18. The Labute approximate surface area is 136 Å². The van der Waals surface area contributed by atoms with Crippen molar-refractivity contribution in [3.63, 3.8) is 0 Å². The van der Waals surface area contributed by atoms with E-state index in [1.807, 2.05) is 0 Å². The normalized spacial score (nSPS) is 16.0. The van der Waals surface area contributed by atoms with E-state index in [2.05, 4.69) is 17.2 Å². The molecule has 0 aromatic heterocycles. The van der Waals surface area contributed by atoms with E-state index in [0.717, 1.165) is 0 Å². The Morgan fingerprint density at radius 2 is 2.14 bits per heavy atom. The van der Waals surface area contributed by atoms with Gasteiger partial charge in [0.05, 0.1) is 18.1 Å². The second-order valence-electron chi connectivity index (χ2n) is 4.67. The monoisotopic (exact) mass is 341 g/mol. The lowest BCUT2D eigenvalue weighted by molar-refractivity contribution is 0.0730. The zero-order valence-electron chi connectivity index (χ0n) is 12.1. The average Bonchev–Trinajstić information content (AvgIpc) is 2.54. The number of ether oxygens (including phenoxy) is 1. The van der Waals surface area contributed by atoms with E-state index < -0.39 is 10.0 Å². The van der Waals surface area contributed by atoms with Crippen LogP contribution in [0.25, 0.3) is 0 Å². The third-order valence-corrected chi connectivity index (χ3v) is 5.25. The van der Waals surface area contributed by atoms with Crippen molar-refractivity contribution in [3.8, 4) is 0 Å². The highest BCUT2D eigenvalue weighted by Crippen LogP contribution is 2.20. The first kappa shape index (κ1) is 16.9. The summed E-state index contributed by atoms with van der Waals surface area (Å²) in [6.07, 6.45) is 1.69. The van der Waals surface area contributed by atoms with Crippen molar-refractivity contribution in [1.82, 2.24) is 9.62 Å². The summed E-state index contributed by atoms with van der Waals surface area (Å²) in [5.41, 5.74) is 0.621. The van der Waals surface area contributed by atoms with Crippen LogP contribution >= 0.6 is 12.2 Å². The number of thiocarbonyl (C=S) groups is 1. The molecular weight excluding hydrogens is 322 g/mol. The average molecular weight is 341 g/mol. The van der Waals surface area contributed by atoms with Crippen LogP contribution in [0.5, 0.6) is 0 Å². The fourth-order valence-electron chi connectivity index (χ4n) is 2.01. The van der Waals surface area contributed by atoms with Gasteiger partial charge in [-0.15, -0.1) is 6.58 Å². The Hall–Kier alpha value is -1.48. The molecule has 6 nitrogen and oxygen atoms in total. The molecule has 2 rings (SSSR count). The molecule has 0 aliphatic carbocycles. The summed E-state index contributed by atoms with van der Waals surface area (Å²) in [6.45, 7) is 5.73. The third kappa shape index (κ3) is 4.26. The fraction of sp³-hybridized carbons (Fsp3) is 0.357. The molecule has 1 saturated heterocycles. The molecule has 2 N–H and O–H groups in total. The molecule has 1 aromatic rings. The van der Waals surface area contributed by atoms with Gasteiger partial charge in [0.15, 0.2) is 5.11 Å². The van der Waals surface area contributed by atoms with Crippen molar-refractivity contribution in [1.29, 1.82) is 0 Å². The van der Waals surface area contributed by atoms with Crippen molar-refractivity contribution in [3.05, 3.63) is 36.9 Å². The number of nitrogens with one attached hydrogen (secondary N) is 2. The van der Waals surface area contributed by atoms with Gasteiger partial charge in [0, 0.05) is 25.3 Å². The van der Waals surface area contributed by atoms with E-state index >= 15 is 0 Å². The minimum Gasteiger partial charge on any atom is -0.379 e. The van der Waals surface area contributed by atoms with Gasteiger partial charge < -0.3 is 15.4 Å². The standard InChI is InChI=1S/C14H19N3O3S2/c1-2-6-15-14(21)16-12-4-3-5-13(11-12)22(18,19)17-7-9-20-10-8-17/h2-5,11H,1,6-10H2,(H2,15,16,21). The van der Waals surface area contributed by atoms with E-state index in [9.17, 15) is 8.42 Å². The Balaban J connectivity index is 2.13. The second kappa shape index (κ2) is 7.68. The first-order valence-electron chi connectivity index (χ1n) is 6.88. The first-order valence-corrected chi connectivity index (χ1v) is 8.72. The van der Waals surface area contributed by atoms with Crippen molar-refractivity contribution in [2.75, 3.05) is 38.2 Å². The molecule has 1 aliphatic rings. The van der Waals surface area contributed by atoms with Crippen molar-refractivity contribution in [2.45, 2.75) is 4.90 Å². The first-order chi connectivity index (χ1) is 10.5. The molecule has 8 heteroatoms. The number of anilines is 1. The minimum atomic E-state index is -3.50. The second-order valence-corrected chi connectivity index (χ2v) is 7.01. The molecule has 0 saturated carbocycles. The quantitative estimate of drug-likeness (QED) is 0.619. The maximum Gasteiger partial charge on any atom is 0.243 e. The summed E-state index contributed by atoms with van der Waals surface area (Å²) in [7, 11) is -3.50. The van der Waals surface area contributed by atoms with Crippen LogP contribution in [-0.2, 0) is 14.8 Å². The van der Waals surface area contributed by atoms with Crippen LogP contribution in [0, 0.1) is 0 Å². The van der Waals surface area contributed by atoms with Crippen molar-refractivity contribution >= 4 is 33.0 Å². The van der Waals surface area contributed by atoms with Gasteiger partial charge in [0.2, 0.25) is 10.0 Å². The van der Waals surface area contributed by atoms with E-state index in [-0.39, 0.29) is 4.90 Å². The molecule has 0 radical (unpaired) electrons. The number of benzene rings is 1. The van der Waals surface area contributed by atoms with Gasteiger partial charge in [0.1, 0.15) is 0 Å². The van der Waals surface area contributed by atoms with E-state index in [1.165, 1.54) is 4.31 Å². The number of morpholine rings is 1. The van der Waals surface area contributed by atoms with Gasteiger partial charge in [-0.3, -0.25) is 0 Å². The number of hydrogen-bond donors (Lipinski definition) is 2. The lowest BCUT2D eigenvalue weighted by atomic mass is 10.3. The van der Waals surface area contributed by atoms with Crippen molar-refractivity contribution in [2.24, 2.45) is 0 Å². The molecule has 0 atom stereocenters. The van der Waals surface area contributed by atoms with Gasteiger partial charge in [-0.2, -0.15) is 4.31 Å². The Kier molecular flexibility index (Phi) is 5.90. The summed E-state index contributed by atoms with van der Waals surface area (Å²) in [5.74, 6) is 0. The maximum absolute atomic E-state index is 12.6. The third-order valence-electron chi connectivity index (χ3n) is 3.11. The maximum atomic E-state index is 12.6. The van der Waals surface area contributed by atoms with Gasteiger partial charge in [0.25, 0.3) is 0 Å². The summed E-state index contributed by atoms with van der Waals surface area (Å²) in [5, 5.41) is 6.30. The molecule has 1 aromatic carbocycles. The van der Waals surface area contributed by atoms with Gasteiger partial charge >= 0.3 is 0 Å². The SMILES string of the molecule is C=CCNC(=S)Nc1cccc(S(=O)(=O)N2CCOCC2)c1. The van der Waals surface area contributed by atoms with Gasteiger partial charge in [-0.1, -0.05) is 12.1 Å².